The van der Waals surface area contributed by atoms with Gasteiger partial charge >= 0.3 is 0 Å². The van der Waals surface area contributed by atoms with E-state index in [4.69, 9.17) is 10.5 Å². The molecule has 1 aromatic carbocycles. The largest absolute Gasteiger partial charge is 0.434 e. The molecule has 0 unspecified atom stereocenters. The maximum absolute atomic E-state index is 13.6. The molecule has 2 aromatic rings. The first kappa shape index (κ1) is 11.5. The Morgan fingerprint density at radius 3 is 2.82 bits per heavy atom. The fourth-order valence-electron chi connectivity index (χ4n) is 1.35. The van der Waals surface area contributed by atoms with Crippen molar-refractivity contribution in [2.24, 2.45) is 5.73 Å². The molecule has 2 rings (SSSR count). The van der Waals surface area contributed by atoms with Gasteiger partial charge in [-0.25, -0.2) is 4.39 Å². The third-order valence-electron chi connectivity index (χ3n) is 2.22. The normalized spacial score (nSPS) is 10.3. The van der Waals surface area contributed by atoms with Gasteiger partial charge in [-0.2, -0.15) is 5.10 Å². The SMILES string of the molecule is Cc1cnnc(Oc2ccc(CN)cc2F)c1. The van der Waals surface area contributed by atoms with Crippen LogP contribution < -0.4 is 10.5 Å². The lowest BCUT2D eigenvalue weighted by Crippen LogP contribution is -1.98. The average Bonchev–Trinajstić information content (AvgIpc) is 2.32. The second-order valence-electron chi connectivity index (χ2n) is 3.64. The molecule has 0 aliphatic heterocycles. The number of nitrogens with zero attached hydrogens (tertiary/aromatic N) is 2. The van der Waals surface area contributed by atoms with Gasteiger partial charge in [0.25, 0.3) is 0 Å². The van der Waals surface area contributed by atoms with Crippen LogP contribution >= 0.6 is 0 Å². The van der Waals surface area contributed by atoms with Crippen molar-refractivity contribution in [1.29, 1.82) is 0 Å². The third kappa shape index (κ3) is 2.76. The monoisotopic (exact) mass is 233 g/mol. The van der Waals surface area contributed by atoms with E-state index in [0.717, 1.165) is 5.56 Å². The van der Waals surface area contributed by atoms with Crippen molar-refractivity contribution in [2.45, 2.75) is 13.5 Å². The van der Waals surface area contributed by atoms with Gasteiger partial charge in [-0.15, -0.1) is 5.10 Å². The minimum Gasteiger partial charge on any atom is -0.434 e. The average molecular weight is 233 g/mol. The van der Waals surface area contributed by atoms with Gasteiger partial charge in [0.15, 0.2) is 11.6 Å². The van der Waals surface area contributed by atoms with E-state index in [2.05, 4.69) is 10.2 Å². The summed E-state index contributed by atoms with van der Waals surface area (Å²) in [6, 6.07) is 6.27. The summed E-state index contributed by atoms with van der Waals surface area (Å²) < 4.78 is 18.9. The molecule has 0 amide bonds. The van der Waals surface area contributed by atoms with Crippen molar-refractivity contribution in [3.63, 3.8) is 0 Å². The molecule has 0 aliphatic rings. The quantitative estimate of drug-likeness (QED) is 0.882. The van der Waals surface area contributed by atoms with Crippen LogP contribution in [-0.4, -0.2) is 10.2 Å². The molecule has 0 aliphatic carbocycles. The molecule has 0 atom stereocenters. The van der Waals surface area contributed by atoms with Crippen LogP contribution in [0.15, 0.2) is 30.5 Å². The van der Waals surface area contributed by atoms with Gasteiger partial charge in [0.05, 0.1) is 6.20 Å². The summed E-state index contributed by atoms with van der Waals surface area (Å²) in [5.74, 6) is -0.0808. The highest BCUT2D eigenvalue weighted by molar-refractivity contribution is 5.32. The van der Waals surface area contributed by atoms with Crippen molar-refractivity contribution in [2.75, 3.05) is 0 Å². The van der Waals surface area contributed by atoms with Crippen LogP contribution in [0.5, 0.6) is 11.6 Å². The van der Waals surface area contributed by atoms with Crippen LogP contribution in [0.2, 0.25) is 0 Å². The summed E-state index contributed by atoms with van der Waals surface area (Å²) in [5, 5.41) is 7.48. The molecule has 0 saturated heterocycles. The Hall–Kier alpha value is -2.01. The molecule has 4 nitrogen and oxygen atoms in total. The highest BCUT2D eigenvalue weighted by atomic mass is 19.1. The predicted molar refractivity (Wildman–Crippen MR) is 61.1 cm³/mol. The molecule has 0 saturated carbocycles. The minimum atomic E-state index is -0.462. The van der Waals surface area contributed by atoms with Gasteiger partial charge in [-0.1, -0.05) is 6.07 Å². The number of aryl methyl sites for hydroxylation is 1. The highest BCUT2D eigenvalue weighted by Crippen LogP contribution is 2.23. The van der Waals surface area contributed by atoms with Gasteiger partial charge < -0.3 is 10.5 Å². The van der Waals surface area contributed by atoms with Crippen molar-refractivity contribution in [3.05, 3.63) is 47.4 Å². The van der Waals surface area contributed by atoms with Crippen LogP contribution in [0.3, 0.4) is 0 Å². The Bertz CT molecular complexity index is 531. The predicted octanol–water partition coefficient (Wildman–Crippen LogP) is 2.18. The summed E-state index contributed by atoms with van der Waals surface area (Å²) in [5.41, 5.74) is 7.02. The fraction of sp³-hybridized carbons (Fsp3) is 0.167. The Kier molecular flexibility index (Phi) is 3.30. The van der Waals surface area contributed by atoms with E-state index in [1.54, 1.807) is 18.3 Å². The number of aromatic nitrogens is 2. The van der Waals surface area contributed by atoms with E-state index in [1.807, 2.05) is 6.92 Å². The summed E-state index contributed by atoms with van der Waals surface area (Å²) in [7, 11) is 0. The third-order valence-corrected chi connectivity index (χ3v) is 2.22. The molecule has 0 fully saturated rings. The Morgan fingerprint density at radius 2 is 2.18 bits per heavy atom. The summed E-state index contributed by atoms with van der Waals surface area (Å²) in [6.45, 7) is 2.15. The van der Waals surface area contributed by atoms with Crippen molar-refractivity contribution >= 4 is 0 Å². The summed E-state index contributed by atoms with van der Waals surface area (Å²) in [6.07, 6.45) is 1.60. The molecule has 5 heteroatoms. The molecular weight excluding hydrogens is 221 g/mol. The molecule has 17 heavy (non-hydrogen) atoms. The number of halogens is 1. The zero-order chi connectivity index (χ0) is 12.3. The summed E-state index contributed by atoms with van der Waals surface area (Å²) in [4.78, 5) is 0. The first-order valence-electron chi connectivity index (χ1n) is 5.14. The lowest BCUT2D eigenvalue weighted by Gasteiger charge is -2.06. The van der Waals surface area contributed by atoms with Crippen LogP contribution in [-0.2, 0) is 6.54 Å². The van der Waals surface area contributed by atoms with E-state index < -0.39 is 5.82 Å². The Labute approximate surface area is 98.2 Å². The van der Waals surface area contributed by atoms with Gasteiger partial charge in [0.1, 0.15) is 0 Å². The van der Waals surface area contributed by atoms with Gasteiger partial charge in [0, 0.05) is 12.6 Å². The van der Waals surface area contributed by atoms with Crippen LogP contribution in [0, 0.1) is 12.7 Å². The zero-order valence-electron chi connectivity index (χ0n) is 9.35. The molecule has 1 aromatic heterocycles. The fourth-order valence-corrected chi connectivity index (χ4v) is 1.35. The van der Waals surface area contributed by atoms with Crippen molar-refractivity contribution in [1.82, 2.24) is 10.2 Å². The van der Waals surface area contributed by atoms with E-state index in [9.17, 15) is 4.39 Å². The Morgan fingerprint density at radius 1 is 1.35 bits per heavy atom. The molecule has 2 N–H and O–H groups in total. The minimum absolute atomic E-state index is 0.113. The Balaban J connectivity index is 2.24. The summed E-state index contributed by atoms with van der Waals surface area (Å²) >= 11 is 0. The number of rotatable bonds is 3. The second-order valence-corrected chi connectivity index (χ2v) is 3.64. The van der Waals surface area contributed by atoms with Gasteiger partial charge in [-0.05, 0) is 30.2 Å². The molecule has 0 bridgehead atoms. The number of hydrogen-bond donors (Lipinski definition) is 1. The van der Waals surface area contributed by atoms with E-state index in [0.29, 0.717) is 12.1 Å². The van der Waals surface area contributed by atoms with Crippen molar-refractivity contribution in [3.8, 4) is 11.6 Å². The number of benzene rings is 1. The van der Waals surface area contributed by atoms with Crippen molar-refractivity contribution < 1.29 is 9.13 Å². The lowest BCUT2D eigenvalue weighted by molar-refractivity contribution is 0.421. The van der Waals surface area contributed by atoms with Crippen LogP contribution in [0.4, 0.5) is 4.39 Å². The highest BCUT2D eigenvalue weighted by Gasteiger charge is 2.06. The van der Waals surface area contributed by atoms with E-state index >= 15 is 0 Å². The smallest absolute Gasteiger partial charge is 0.239 e. The zero-order valence-corrected chi connectivity index (χ0v) is 9.35. The lowest BCUT2D eigenvalue weighted by atomic mass is 10.2. The first-order valence-corrected chi connectivity index (χ1v) is 5.14. The molecule has 1 heterocycles. The van der Waals surface area contributed by atoms with Gasteiger partial charge in [0.2, 0.25) is 5.88 Å². The first-order chi connectivity index (χ1) is 8.19. The number of ether oxygens (including phenoxy) is 1. The number of hydrogen-bond acceptors (Lipinski definition) is 4. The van der Waals surface area contributed by atoms with Gasteiger partial charge in [-0.3, -0.25) is 0 Å². The van der Waals surface area contributed by atoms with E-state index in [1.165, 1.54) is 12.1 Å². The standard InChI is InChI=1S/C12H12FN3O/c1-8-4-12(16-15-7-8)17-11-3-2-9(6-14)5-10(11)13/h2-5,7H,6,14H2,1H3. The maximum atomic E-state index is 13.6. The molecule has 0 spiro atoms. The van der Waals surface area contributed by atoms with E-state index in [-0.39, 0.29) is 11.6 Å². The second kappa shape index (κ2) is 4.88. The van der Waals surface area contributed by atoms with Crippen LogP contribution in [0.1, 0.15) is 11.1 Å². The maximum Gasteiger partial charge on any atom is 0.239 e. The van der Waals surface area contributed by atoms with Crippen LogP contribution in [0.25, 0.3) is 0 Å². The number of nitrogens with two attached hydrogens (primary N) is 1. The molecule has 0 radical (unpaired) electrons. The molecule has 88 valence electrons. The topological polar surface area (TPSA) is 61.0 Å². The molecular formula is C12H12FN3O.